The zero-order valence-electron chi connectivity index (χ0n) is 11.4. The molecular formula is C17H19NO. The summed E-state index contributed by atoms with van der Waals surface area (Å²) in [6, 6.07) is 18.1. The summed E-state index contributed by atoms with van der Waals surface area (Å²) < 4.78 is 0. The Balaban J connectivity index is 2.24. The van der Waals surface area contributed by atoms with Gasteiger partial charge < -0.3 is 5.32 Å². The standard InChI is InChI=1S/C17H19NO/c1-13(2)18-17(19)16-11-7-6-10-15(16)12-14-8-4-3-5-9-14/h3-11,13H,12H2,1-2H3,(H,18,19). The van der Waals surface area contributed by atoms with Gasteiger partial charge in [-0.2, -0.15) is 0 Å². The maximum Gasteiger partial charge on any atom is 0.251 e. The molecule has 2 aromatic rings. The maximum atomic E-state index is 12.2. The summed E-state index contributed by atoms with van der Waals surface area (Å²) in [5.41, 5.74) is 3.04. The van der Waals surface area contributed by atoms with Crippen molar-refractivity contribution < 1.29 is 4.79 Å². The van der Waals surface area contributed by atoms with Crippen LogP contribution in [0.1, 0.15) is 35.3 Å². The lowest BCUT2D eigenvalue weighted by Crippen LogP contribution is -2.30. The summed E-state index contributed by atoms with van der Waals surface area (Å²) in [6.07, 6.45) is 0.780. The van der Waals surface area contributed by atoms with E-state index in [-0.39, 0.29) is 11.9 Å². The molecule has 0 radical (unpaired) electrons. The molecule has 1 N–H and O–H groups in total. The SMILES string of the molecule is CC(C)NC(=O)c1ccccc1Cc1ccccc1. The first-order valence-electron chi connectivity index (χ1n) is 6.59. The molecule has 0 aliphatic heterocycles. The molecule has 0 bridgehead atoms. The average molecular weight is 253 g/mol. The summed E-state index contributed by atoms with van der Waals surface area (Å²) in [6.45, 7) is 3.94. The highest BCUT2D eigenvalue weighted by Crippen LogP contribution is 2.14. The lowest BCUT2D eigenvalue weighted by molar-refractivity contribution is 0.0942. The van der Waals surface area contributed by atoms with Crippen molar-refractivity contribution in [1.29, 1.82) is 0 Å². The molecule has 0 spiro atoms. The van der Waals surface area contributed by atoms with Gasteiger partial charge in [0.15, 0.2) is 0 Å². The summed E-state index contributed by atoms with van der Waals surface area (Å²) in [4.78, 5) is 12.2. The third-order valence-corrected chi connectivity index (χ3v) is 2.92. The van der Waals surface area contributed by atoms with Gasteiger partial charge in [-0.05, 0) is 37.5 Å². The Hall–Kier alpha value is -2.09. The monoisotopic (exact) mass is 253 g/mol. The molecule has 98 valence electrons. The molecule has 0 aliphatic carbocycles. The van der Waals surface area contributed by atoms with Gasteiger partial charge in [0.25, 0.3) is 5.91 Å². The molecule has 2 heteroatoms. The van der Waals surface area contributed by atoms with Gasteiger partial charge in [0.1, 0.15) is 0 Å². The van der Waals surface area contributed by atoms with E-state index in [2.05, 4.69) is 17.4 Å². The van der Waals surface area contributed by atoms with Crippen molar-refractivity contribution in [3.8, 4) is 0 Å². The van der Waals surface area contributed by atoms with Crippen LogP contribution in [0.2, 0.25) is 0 Å². The van der Waals surface area contributed by atoms with Crippen LogP contribution in [0.15, 0.2) is 54.6 Å². The molecule has 0 heterocycles. The summed E-state index contributed by atoms with van der Waals surface area (Å²) in [5.74, 6) is 0.00142. The smallest absolute Gasteiger partial charge is 0.251 e. The lowest BCUT2D eigenvalue weighted by Gasteiger charge is -2.12. The Morgan fingerprint density at radius 2 is 1.63 bits per heavy atom. The van der Waals surface area contributed by atoms with Crippen LogP contribution in [0, 0.1) is 0 Å². The number of carbonyl (C=O) groups is 1. The van der Waals surface area contributed by atoms with E-state index in [9.17, 15) is 4.79 Å². The number of hydrogen-bond donors (Lipinski definition) is 1. The Bertz CT molecular complexity index is 546. The second kappa shape index (κ2) is 6.19. The zero-order valence-corrected chi connectivity index (χ0v) is 11.4. The average Bonchev–Trinajstić information content (AvgIpc) is 2.39. The third-order valence-electron chi connectivity index (χ3n) is 2.92. The Kier molecular flexibility index (Phi) is 4.35. The predicted octanol–water partition coefficient (Wildman–Crippen LogP) is 3.42. The Morgan fingerprint density at radius 1 is 1.00 bits per heavy atom. The highest BCUT2D eigenvalue weighted by molar-refractivity contribution is 5.95. The molecule has 0 saturated heterocycles. The third kappa shape index (κ3) is 3.68. The Morgan fingerprint density at radius 3 is 2.32 bits per heavy atom. The van der Waals surface area contributed by atoms with Gasteiger partial charge in [-0.1, -0.05) is 48.5 Å². The highest BCUT2D eigenvalue weighted by atomic mass is 16.1. The fourth-order valence-corrected chi connectivity index (χ4v) is 2.05. The zero-order chi connectivity index (χ0) is 13.7. The van der Waals surface area contributed by atoms with Gasteiger partial charge in [-0.25, -0.2) is 0 Å². The van der Waals surface area contributed by atoms with E-state index in [1.54, 1.807) is 0 Å². The quantitative estimate of drug-likeness (QED) is 0.888. The van der Waals surface area contributed by atoms with Crippen molar-refractivity contribution in [3.05, 3.63) is 71.3 Å². The maximum absolute atomic E-state index is 12.2. The lowest BCUT2D eigenvalue weighted by atomic mass is 9.99. The number of nitrogens with one attached hydrogen (secondary N) is 1. The second-order valence-electron chi connectivity index (χ2n) is 4.95. The molecular weight excluding hydrogens is 234 g/mol. The van der Waals surface area contributed by atoms with E-state index in [0.29, 0.717) is 0 Å². The van der Waals surface area contributed by atoms with Crippen LogP contribution in [-0.2, 0) is 6.42 Å². The molecule has 19 heavy (non-hydrogen) atoms. The summed E-state index contributed by atoms with van der Waals surface area (Å²) in [5, 5.41) is 2.95. The number of benzene rings is 2. The van der Waals surface area contributed by atoms with Gasteiger partial charge in [-0.3, -0.25) is 4.79 Å². The van der Waals surface area contributed by atoms with Crippen LogP contribution in [0.25, 0.3) is 0 Å². The van der Waals surface area contributed by atoms with Crippen molar-refractivity contribution in [2.24, 2.45) is 0 Å². The van der Waals surface area contributed by atoms with E-state index in [4.69, 9.17) is 0 Å². The second-order valence-corrected chi connectivity index (χ2v) is 4.95. The molecule has 2 rings (SSSR count). The van der Waals surface area contributed by atoms with Crippen molar-refractivity contribution in [2.45, 2.75) is 26.3 Å². The van der Waals surface area contributed by atoms with E-state index < -0.39 is 0 Å². The topological polar surface area (TPSA) is 29.1 Å². The summed E-state index contributed by atoms with van der Waals surface area (Å²) >= 11 is 0. The molecule has 0 atom stereocenters. The van der Waals surface area contributed by atoms with E-state index in [0.717, 1.165) is 17.5 Å². The van der Waals surface area contributed by atoms with Crippen molar-refractivity contribution in [1.82, 2.24) is 5.32 Å². The fourth-order valence-electron chi connectivity index (χ4n) is 2.05. The van der Waals surface area contributed by atoms with Crippen LogP contribution in [0.4, 0.5) is 0 Å². The molecule has 1 amide bonds. The first-order valence-corrected chi connectivity index (χ1v) is 6.59. The Labute approximate surface area is 114 Å². The molecule has 2 nitrogen and oxygen atoms in total. The van der Waals surface area contributed by atoms with Crippen LogP contribution in [0.3, 0.4) is 0 Å². The first-order chi connectivity index (χ1) is 9.16. The largest absolute Gasteiger partial charge is 0.350 e. The minimum atomic E-state index is 0.00142. The van der Waals surface area contributed by atoms with Gasteiger partial charge >= 0.3 is 0 Å². The van der Waals surface area contributed by atoms with Gasteiger partial charge in [0.2, 0.25) is 0 Å². The van der Waals surface area contributed by atoms with Gasteiger partial charge in [0.05, 0.1) is 0 Å². The van der Waals surface area contributed by atoms with E-state index >= 15 is 0 Å². The van der Waals surface area contributed by atoms with Gasteiger partial charge in [0, 0.05) is 11.6 Å². The van der Waals surface area contributed by atoms with Gasteiger partial charge in [-0.15, -0.1) is 0 Å². The van der Waals surface area contributed by atoms with Crippen LogP contribution in [0.5, 0.6) is 0 Å². The van der Waals surface area contributed by atoms with Crippen molar-refractivity contribution in [2.75, 3.05) is 0 Å². The van der Waals surface area contributed by atoms with Crippen LogP contribution in [-0.4, -0.2) is 11.9 Å². The molecule has 0 saturated carbocycles. The number of rotatable bonds is 4. The molecule has 0 aromatic heterocycles. The normalized spacial score (nSPS) is 10.5. The number of carbonyl (C=O) groups excluding carboxylic acids is 1. The fraction of sp³-hybridized carbons (Fsp3) is 0.235. The summed E-state index contributed by atoms with van der Waals surface area (Å²) in [7, 11) is 0. The van der Waals surface area contributed by atoms with E-state index in [1.807, 2.05) is 56.3 Å². The minimum absolute atomic E-state index is 0.00142. The molecule has 0 unspecified atom stereocenters. The number of amides is 1. The highest BCUT2D eigenvalue weighted by Gasteiger charge is 2.11. The molecule has 0 aliphatic rings. The molecule has 2 aromatic carbocycles. The van der Waals surface area contributed by atoms with E-state index in [1.165, 1.54) is 5.56 Å². The number of hydrogen-bond acceptors (Lipinski definition) is 1. The first kappa shape index (κ1) is 13.3. The minimum Gasteiger partial charge on any atom is -0.350 e. The van der Waals surface area contributed by atoms with Crippen LogP contribution >= 0.6 is 0 Å². The van der Waals surface area contributed by atoms with Crippen molar-refractivity contribution in [3.63, 3.8) is 0 Å². The predicted molar refractivity (Wildman–Crippen MR) is 78.3 cm³/mol. The van der Waals surface area contributed by atoms with Crippen molar-refractivity contribution >= 4 is 5.91 Å². The van der Waals surface area contributed by atoms with Crippen LogP contribution < -0.4 is 5.32 Å². The molecule has 0 fully saturated rings.